The lowest BCUT2D eigenvalue weighted by Crippen LogP contribution is -2.15. The van der Waals surface area contributed by atoms with Crippen LogP contribution in [0.4, 0.5) is 0 Å². The summed E-state index contributed by atoms with van der Waals surface area (Å²) in [6.07, 6.45) is 4.72. The lowest BCUT2D eigenvalue weighted by molar-refractivity contribution is 0.0310. The van der Waals surface area contributed by atoms with Gasteiger partial charge in [0, 0.05) is 12.3 Å². The number of hydrogen-bond acceptors (Lipinski definition) is 4. The highest BCUT2D eigenvalue weighted by atomic mass is 16.5. The van der Waals surface area contributed by atoms with Crippen molar-refractivity contribution < 1.29 is 14.3 Å². The summed E-state index contributed by atoms with van der Waals surface area (Å²) in [5, 5.41) is 0. The molecule has 0 radical (unpaired) electrons. The first-order valence-electron chi connectivity index (χ1n) is 6.88. The fourth-order valence-electron chi connectivity index (χ4n) is 2.29. The second-order valence-electron chi connectivity index (χ2n) is 5.50. The van der Waals surface area contributed by atoms with Crippen LogP contribution in [0.1, 0.15) is 50.4 Å². The number of pyridine rings is 1. The van der Waals surface area contributed by atoms with E-state index in [1.54, 1.807) is 12.1 Å². The number of aromatic nitrogens is 1. The molecular weight excluding hydrogens is 242 g/mol. The summed E-state index contributed by atoms with van der Waals surface area (Å²) in [5.74, 6) is 0.890. The summed E-state index contributed by atoms with van der Waals surface area (Å²) in [6.45, 7) is 6.06. The Morgan fingerprint density at radius 2 is 2.16 bits per heavy atom. The van der Waals surface area contributed by atoms with E-state index >= 15 is 0 Å². The molecule has 4 nitrogen and oxygen atoms in total. The molecule has 0 spiro atoms. The molecule has 1 aromatic heterocycles. The first-order chi connectivity index (χ1) is 9.04. The Labute approximate surface area is 114 Å². The summed E-state index contributed by atoms with van der Waals surface area (Å²) < 4.78 is 10.9. The van der Waals surface area contributed by atoms with Crippen molar-refractivity contribution in [3.05, 3.63) is 23.9 Å². The van der Waals surface area contributed by atoms with Crippen molar-refractivity contribution in [3.63, 3.8) is 0 Å². The molecule has 0 saturated heterocycles. The van der Waals surface area contributed by atoms with Crippen molar-refractivity contribution in [2.24, 2.45) is 5.92 Å². The average molecular weight is 263 g/mol. The van der Waals surface area contributed by atoms with Gasteiger partial charge in [0.05, 0.1) is 11.7 Å². The summed E-state index contributed by atoms with van der Waals surface area (Å²) in [7, 11) is 0. The van der Waals surface area contributed by atoms with Gasteiger partial charge in [0.1, 0.15) is 6.10 Å². The van der Waals surface area contributed by atoms with Gasteiger partial charge in [-0.25, -0.2) is 9.78 Å². The van der Waals surface area contributed by atoms with E-state index in [1.807, 2.05) is 13.8 Å². The maximum absolute atomic E-state index is 11.9. The number of esters is 1. The first-order valence-corrected chi connectivity index (χ1v) is 6.88. The van der Waals surface area contributed by atoms with Crippen LogP contribution in [-0.4, -0.2) is 23.2 Å². The molecule has 0 unspecified atom stereocenters. The standard InChI is InChI=1S/C15H21NO3/c1-10(2)18-14-7-5-12(9-16-14)15(17)19-13-6-4-11(3)8-13/h5,7,9-11,13H,4,6,8H2,1-3H3/t11-,13+/m1/s1. The van der Waals surface area contributed by atoms with Crippen LogP contribution in [0.3, 0.4) is 0 Å². The maximum atomic E-state index is 11.9. The summed E-state index contributed by atoms with van der Waals surface area (Å²) in [4.78, 5) is 16.0. The topological polar surface area (TPSA) is 48.4 Å². The number of hydrogen-bond donors (Lipinski definition) is 0. The zero-order chi connectivity index (χ0) is 13.8. The largest absolute Gasteiger partial charge is 0.475 e. The quantitative estimate of drug-likeness (QED) is 0.783. The van der Waals surface area contributed by atoms with Crippen LogP contribution in [-0.2, 0) is 4.74 Å². The molecule has 0 N–H and O–H groups in total. The minimum absolute atomic E-state index is 0.0640. The molecule has 1 heterocycles. The Morgan fingerprint density at radius 1 is 1.37 bits per heavy atom. The van der Waals surface area contributed by atoms with Crippen LogP contribution >= 0.6 is 0 Å². The third kappa shape index (κ3) is 3.94. The molecule has 2 rings (SSSR count). The molecule has 1 aliphatic rings. The zero-order valence-electron chi connectivity index (χ0n) is 11.8. The van der Waals surface area contributed by atoms with Crippen molar-refractivity contribution in [1.29, 1.82) is 0 Å². The second-order valence-corrected chi connectivity index (χ2v) is 5.50. The molecule has 0 aromatic carbocycles. The van der Waals surface area contributed by atoms with Crippen LogP contribution in [0.25, 0.3) is 0 Å². The Hall–Kier alpha value is -1.58. The first kappa shape index (κ1) is 13.8. The predicted octanol–water partition coefficient (Wildman–Crippen LogP) is 3.21. The summed E-state index contributed by atoms with van der Waals surface area (Å²) in [6, 6.07) is 3.40. The molecule has 1 fully saturated rings. The number of carbonyl (C=O) groups excluding carboxylic acids is 1. The number of nitrogens with zero attached hydrogens (tertiary/aromatic N) is 1. The number of carbonyl (C=O) groups is 1. The van der Waals surface area contributed by atoms with Crippen LogP contribution in [0.5, 0.6) is 5.88 Å². The molecule has 1 aliphatic carbocycles. The Kier molecular flexibility index (Phi) is 4.40. The fraction of sp³-hybridized carbons (Fsp3) is 0.600. The Bertz CT molecular complexity index is 428. The minimum Gasteiger partial charge on any atom is -0.475 e. The van der Waals surface area contributed by atoms with Gasteiger partial charge in [0.15, 0.2) is 0 Å². The van der Waals surface area contributed by atoms with Crippen molar-refractivity contribution >= 4 is 5.97 Å². The Balaban J connectivity index is 1.92. The van der Waals surface area contributed by atoms with E-state index in [1.165, 1.54) is 6.20 Å². The SMILES string of the molecule is CC(C)Oc1ccc(C(=O)O[C@H]2CC[C@@H](C)C2)cn1. The van der Waals surface area contributed by atoms with Crippen molar-refractivity contribution in [1.82, 2.24) is 4.98 Å². The van der Waals surface area contributed by atoms with Crippen molar-refractivity contribution in [2.75, 3.05) is 0 Å². The van der Waals surface area contributed by atoms with Gasteiger partial charge in [-0.05, 0) is 45.1 Å². The monoisotopic (exact) mass is 263 g/mol. The molecule has 19 heavy (non-hydrogen) atoms. The number of ether oxygens (including phenoxy) is 2. The molecule has 104 valence electrons. The van der Waals surface area contributed by atoms with E-state index in [4.69, 9.17) is 9.47 Å². The molecular formula is C15H21NO3. The third-order valence-electron chi connectivity index (χ3n) is 3.25. The highest BCUT2D eigenvalue weighted by molar-refractivity contribution is 5.89. The van der Waals surface area contributed by atoms with E-state index in [0.29, 0.717) is 17.4 Å². The number of rotatable bonds is 4. The van der Waals surface area contributed by atoms with E-state index in [2.05, 4.69) is 11.9 Å². The highest BCUT2D eigenvalue weighted by Gasteiger charge is 2.25. The third-order valence-corrected chi connectivity index (χ3v) is 3.25. The van der Waals surface area contributed by atoms with E-state index in [9.17, 15) is 4.79 Å². The smallest absolute Gasteiger partial charge is 0.339 e. The minimum atomic E-state index is -0.289. The summed E-state index contributed by atoms with van der Waals surface area (Å²) >= 11 is 0. The lowest BCUT2D eigenvalue weighted by Gasteiger charge is -2.12. The molecule has 0 aliphatic heterocycles. The molecule has 1 saturated carbocycles. The van der Waals surface area contributed by atoms with Gasteiger partial charge in [-0.2, -0.15) is 0 Å². The molecule has 0 bridgehead atoms. The summed E-state index contributed by atoms with van der Waals surface area (Å²) in [5.41, 5.74) is 0.482. The van der Waals surface area contributed by atoms with Gasteiger partial charge < -0.3 is 9.47 Å². The molecule has 2 atom stereocenters. The van der Waals surface area contributed by atoms with Crippen LogP contribution in [0, 0.1) is 5.92 Å². The molecule has 4 heteroatoms. The fourth-order valence-corrected chi connectivity index (χ4v) is 2.29. The molecule has 0 amide bonds. The second kappa shape index (κ2) is 6.04. The van der Waals surface area contributed by atoms with E-state index in [-0.39, 0.29) is 18.2 Å². The maximum Gasteiger partial charge on any atom is 0.339 e. The van der Waals surface area contributed by atoms with Gasteiger partial charge >= 0.3 is 5.97 Å². The van der Waals surface area contributed by atoms with Crippen LogP contribution in [0.2, 0.25) is 0 Å². The van der Waals surface area contributed by atoms with Crippen LogP contribution < -0.4 is 4.74 Å². The van der Waals surface area contributed by atoms with Gasteiger partial charge in [0.25, 0.3) is 0 Å². The zero-order valence-corrected chi connectivity index (χ0v) is 11.8. The van der Waals surface area contributed by atoms with Crippen LogP contribution in [0.15, 0.2) is 18.3 Å². The van der Waals surface area contributed by atoms with Gasteiger partial charge in [-0.1, -0.05) is 6.92 Å². The highest BCUT2D eigenvalue weighted by Crippen LogP contribution is 2.27. The van der Waals surface area contributed by atoms with Gasteiger partial charge in [-0.3, -0.25) is 0 Å². The Morgan fingerprint density at radius 3 is 2.68 bits per heavy atom. The van der Waals surface area contributed by atoms with Crippen molar-refractivity contribution in [3.8, 4) is 5.88 Å². The van der Waals surface area contributed by atoms with Gasteiger partial charge in [-0.15, -0.1) is 0 Å². The van der Waals surface area contributed by atoms with E-state index < -0.39 is 0 Å². The normalized spacial score (nSPS) is 22.5. The van der Waals surface area contributed by atoms with Gasteiger partial charge in [0.2, 0.25) is 5.88 Å². The molecule has 1 aromatic rings. The average Bonchev–Trinajstić information content (AvgIpc) is 2.75. The van der Waals surface area contributed by atoms with E-state index in [0.717, 1.165) is 19.3 Å². The predicted molar refractivity (Wildman–Crippen MR) is 72.2 cm³/mol. The van der Waals surface area contributed by atoms with Crippen molar-refractivity contribution in [2.45, 2.75) is 52.2 Å². The lowest BCUT2D eigenvalue weighted by atomic mass is 10.1.